The molecule has 5 nitrogen and oxygen atoms in total. The zero-order chi connectivity index (χ0) is 13.2. The molecule has 0 radical (unpaired) electrons. The second-order valence-electron chi connectivity index (χ2n) is 3.27. The topological polar surface area (TPSA) is 72.0 Å². The van der Waals surface area contributed by atoms with Crippen molar-refractivity contribution in [3.05, 3.63) is 47.8 Å². The summed E-state index contributed by atoms with van der Waals surface area (Å²) >= 11 is 5.69. The number of rotatable bonds is 3. The van der Waals surface area contributed by atoms with E-state index in [-0.39, 0.29) is 15.7 Å². The fourth-order valence-electron chi connectivity index (χ4n) is 1.22. The summed E-state index contributed by atoms with van der Waals surface area (Å²) < 4.78 is 38.7. The van der Waals surface area contributed by atoms with Gasteiger partial charge in [0.25, 0.3) is 10.0 Å². The Morgan fingerprint density at radius 1 is 1.22 bits per heavy atom. The van der Waals surface area contributed by atoms with E-state index in [0.717, 1.165) is 12.3 Å². The Morgan fingerprint density at radius 3 is 2.61 bits per heavy atom. The number of nitrogens with one attached hydrogen (secondary N) is 1. The number of hydrogen-bond acceptors (Lipinski definition) is 4. The summed E-state index contributed by atoms with van der Waals surface area (Å²) in [6.45, 7) is 0. The minimum Gasteiger partial charge on any atom is -0.278 e. The van der Waals surface area contributed by atoms with Crippen molar-refractivity contribution in [3.63, 3.8) is 0 Å². The highest BCUT2D eigenvalue weighted by atomic mass is 35.5. The molecule has 0 bridgehead atoms. The van der Waals surface area contributed by atoms with Crippen LogP contribution in [0.3, 0.4) is 0 Å². The van der Waals surface area contributed by atoms with Crippen LogP contribution >= 0.6 is 11.6 Å². The molecular formula is C10H7ClFN3O2S. The van der Waals surface area contributed by atoms with Crippen LogP contribution in [0.4, 0.5) is 10.1 Å². The SMILES string of the molecule is O=S(=O)(Nc1ccc(F)nc1)c1cccnc1Cl. The van der Waals surface area contributed by atoms with Gasteiger partial charge in [0.1, 0.15) is 10.0 Å². The van der Waals surface area contributed by atoms with Gasteiger partial charge in [0.15, 0.2) is 0 Å². The van der Waals surface area contributed by atoms with E-state index in [2.05, 4.69) is 14.7 Å². The molecule has 1 N–H and O–H groups in total. The molecule has 0 fully saturated rings. The summed E-state index contributed by atoms with van der Waals surface area (Å²) in [5.74, 6) is -0.697. The lowest BCUT2D eigenvalue weighted by Gasteiger charge is -2.08. The first-order chi connectivity index (χ1) is 8.49. The van der Waals surface area contributed by atoms with Gasteiger partial charge < -0.3 is 0 Å². The van der Waals surface area contributed by atoms with Gasteiger partial charge in [-0.25, -0.2) is 18.4 Å². The molecule has 0 aliphatic rings. The van der Waals surface area contributed by atoms with E-state index in [1.165, 1.54) is 24.4 Å². The van der Waals surface area contributed by atoms with E-state index < -0.39 is 16.0 Å². The van der Waals surface area contributed by atoms with Crippen LogP contribution in [-0.4, -0.2) is 18.4 Å². The van der Waals surface area contributed by atoms with Crippen molar-refractivity contribution in [1.82, 2.24) is 9.97 Å². The smallest absolute Gasteiger partial charge is 0.265 e. The van der Waals surface area contributed by atoms with Crippen LogP contribution in [0.2, 0.25) is 5.15 Å². The Bertz CT molecular complexity index is 661. The van der Waals surface area contributed by atoms with Crippen molar-refractivity contribution in [2.45, 2.75) is 4.90 Å². The average Bonchev–Trinajstić information content (AvgIpc) is 2.32. The van der Waals surface area contributed by atoms with Gasteiger partial charge in [-0.2, -0.15) is 4.39 Å². The molecule has 94 valence electrons. The Labute approximate surface area is 108 Å². The Kier molecular flexibility index (Phi) is 3.44. The number of pyridine rings is 2. The van der Waals surface area contributed by atoms with Crippen LogP contribution in [0.15, 0.2) is 41.6 Å². The van der Waals surface area contributed by atoms with Crippen molar-refractivity contribution in [3.8, 4) is 0 Å². The number of aromatic nitrogens is 2. The van der Waals surface area contributed by atoms with Gasteiger partial charge >= 0.3 is 0 Å². The van der Waals surface area contributed by atoms with E-state index >= 15 is 0 Å². The predicted molar refractivity (Wildman–Crippen MR) is 64.3 cm³/mol. The first-order valence-corrected chi connectivity index (χ1v) is 6.60. The number of anilines is 1. The third-order valence-corrected chi connectivity index (χ3v) is 3.82. The van der Waals surface area contributed by atoms with Crippen molar-refractivity contribution in [2.75, 3.05) is 4.72 Å². The minimum atomic E-state index is -3.86. The summed E-state index contributed by atoms with van der Waals surface area (Å²) in [4.78, 5) is 6.85. The highest BCUT2D eigenvalue weighted by molar-refractivity contribution is 7.92. The molecule has 2 heterocycles. The van der Waals surface area contributed by atoms with Crippen LogP contribution in [0.25, 0.3) is 0 Å². The summed E-state index contributed by atoms with van der Waals surface area (Å²) in [5, 5.41) is -0.139. The summed E-state index contributed by atoms with van der Waals surface area (Å²) in [6.07, 6.45) is 2.44. The zero-order valence-corrected chi connectivity index (χ0v) is 10.4. The number of sulfonamides is 1. The molecule has 2 aromatic heterocycles. The molecule has 0 saturated carbocycles. The van der Waals surface area contributed by atoms with E-state index in [0.29, 0.717) is 0 Å². The number of halogens is 2. The number of hydrogen-bond donors (Lipinski definition) is 1. The maximum Gasteiger partial charge on any atom is 0.265 e. The van der Waals surface area contributed by atoms with Gasteiger partial charge in [-0.05, 0) is 24.3 Å². The van der Waals surface area contributed by atoms with Crippen molar-refractivity contribution in [2.24, 2.45) is 0 Å². The summed E-state index contributed by atoms with van der Waals surface area (Å²) in [6, 6.07) is 5.06. The van der Waals surface area contributed by atoms with Crippen LogP contribution in [-0.2, 0) is 10.0 Å². The second kappa shape index (κ2) is 4.87. The predicted octanol–water partition coefficient (Wildman–Crippen LogP) is 2.07. The van der Waals surface area contributed by atoms with E-state index in [1.807, 2.05) is 0 Å². The van der Waals surface area contributed by atoms with Gasteiger partial charge in [0, 0.05) is 6.20 Å². The van der Waals surface area contributed by atoms with Gasteiger partial charge in [0.05, 0.1) is 11.9 Å². The minimum absolute atomic E-state index is 0.135. The monoisotopic (exact) mass is 287 g/mol. The molecule has 0 unspecified atom stereocenters. The Morgan fingerprint density at radius 2 is 2.00 bits per heavy atom. The van der Waals surface area contributed by atoms with Gasteiger partial charge in [0.2, 0.25) is 5.95 Å². The fraction of sp³-hybridized carbons (Fsp3) is 0. The zero-order valence-electron chi connectivity index (χ0n) is 8.84. The van der Waals surface area contributed by atoms with E-state index in [1.54, 1.807) is 0 Å². The average molecular weight is 288 g/mol. The molecule has 18 heavy (non-hydrogen) atoms. The lowest BCUT2D eigenvalue weighted by molar-refractivity contribution is 0.583. The van der Waals surface area contributed by atoms with Crippen LogP contribution in [0.5, 0.6) is 0 Å². The highest BCUT2D eigenvalue weighted by Gasteiger charge is 2.18. The third kappa shape index (κ3) is 2.74. The van der Waals surface area contributed by atoms with Crippen molar-refractivity contribution >= 4 is 27.3 Å². The molecule has 8 heteroatoms. The quantitative estimate of drug-likeness (QED) is 0.877. The third-order valence-electron chi connectivity index (χ3n) is 1.99. The molecular weight excluding hydrogens is 281 g/mol. The van der Waals surface area contributed by atoms with Crippen LogP contribution in [0, 0.1) is 5.95 Å². The van der Waals surface area contributed by atoms with Crippen LogP contribution < -0.4 is 4.72 Å². The molecule has 0 spiro atoms. The molecule has 2 rings (SSSR count). The largest absolute Gasteiger partial charge is 0.278 e. The van der Waals surface area contributed by atoms with Crippen molar-refractivity contribution < 1.29 is 12.8 Å². The molecule has 0 aliphatic heterocycles. The maximum absolute atomic E-state index is 12.6. The Hall–Kier alpha value is -1.73. The summed E-state index contributed by atoms with van der Waals surface area (Å²) in [7, 11) is -3.86. The fourth-order valence-corrected chi connectivity index (χ4v) is 2.72. The Balaban J connectivity index is 2.33. The van der Waals surface area contributed by atoms with E-state index in [4.69, 9.17) is 11.6 Å². The number of nitrogens with zero attached hydrogens (tertiary/aromatic N) is 2. The van der Waals surface area contributed by atoms with Crippen LogP contribution in [0.1, 0.15) is 0 Å². The normalized spacial score (nSPS) is 11.2. The molecule has 0 aliphatic carbocycles. The molecule has 2 aromatic rings. The lowest BCUT2D eigenvalue weighted by atomic mass is 10.4. The molecule has 0 aromatic carbocycles. The van der Waals surface area contributed by atoms with Gasteiger partial charge in [-0.1, -0.05) is 11.6 Å². The van der Waals surface area contributed by atoms with Gasteiger partial charge in [-0.3, -0.25) is 4.72 Å². The summed E-state index contributed by atoms with van der Waals surface area (Å²) in [5.41, 5.74) is 0.135. The standard InChI is InChI=1S/C10H7ClFN3O2S/c11-10-8(2-1-5-13-10)18(16,17)15-7-3-4-9(12)14-6-7/h1-6,15H. The first-order valence-electron chi connectivity index (χ1n) is 4.74. The second-order valence-corrected chi connectivity index (χ2v) is 5.28. The van der Waals surface area contributed by atoms with Gasteiger partial charge in [-0.15, -0.1) is 0 Å². The molecule has 0 saturated heterocycles. The lowest BCUT2D eigenvalue weighted by Crippen LogP contribution is -2.14. The molecule has 0 atom stereocenters. The first kappa shape index (κ1) is 12.7. The van der Waals surface area contributed by atoms with Crippen molar-refractivity contribution in [1.29, 1.82) is 0 Å². The molecule has 0 amide bonds. The highest BCUT2D eigenvalue weighted by Crippen LogP contribution is 2.20. The van der Waals surface area contributed by atoms with E-state index in [9.17, 15) is 12.8 Å². The maximum atomic E-state index is 12.6.